The van der Waals surface area contributed by atoms with Crippen molar-refractivity contribution in [3.63, 3.8) is 0 Å². The number of methoxy groups -OCH3 is 1. The lowest BCUT2D eigenvalue weighted by Crippen LogP contribution is -1.96. The highest BCUT2D eigenvalue weighted by Crippen LogP contribution is 2.38. The van der Waals surface area contributed by atoms with Gasteiger partial charge in [-0.2, -0.15) is 0 Å². The molecular weight excluding hydrogens is 380 g/mol. The first kappa shape index (κ1) is 17.2. The van der Waals surface area contributed by atoms with E-state index in [1.54, 1.807) is 13.2 Å². The van der Waals surface area contributed by atoms with E-state index in [2.05, 4.69) is 15.9 Å². The summed E-state index contributed by atoms with van der Waals surface area (Å²) in [7, 11) is 1.61. The molecule has 3 aromatic carbocycles. The molecule has 25 heavy (non-hydrogen) atoms. The Morgan fingerprint density at radius 1 is 1.00 bits per heavy atom. The average molecular weight is 397 g/mol. The molecule has 0 aliphatic rings. The van der Waals surface area contributed by atoms with Crippen LogP contribution in [-0.4, -0.2) is 13.4 Å². The number of carbonyl (C=O) groups excluding carboxylic acids is 1. The molecule has 0 saturated carbocycles. The Kier molecular flexibility index (Phi) is 5.51. The number of ether oxygens (including phenoxy) is 2. The fraction of sp³-hybridized carbons (Fsp3) is 0.0952. The monoisotopic (exact) mass is 396 g/mol. The molecule has 0 heterocycles. The predicted octanol–water partition coefficient (Wildman–Crippen LogP) is 5.52. The molecule has 0 saturated heterocycles. The third-order valence-electron chi connectivity index (χ3n) is 3.80. The second-order valence-electron chi connectivity index (χ2n) is 5.50. The first-order valence-electron chi connectivity index (χ1n) is 7.81. The van der Waals surface area contributed by atoms with Gasteiger partial charge in [0.05, 0.1) is 11.6 Å². The first-order chi connectivity index (χ1) is 12.2. The summed E-state index contributed by atoms with van der Waals surface area (Å²) in [6, 6.07) is 21.3. The van der Waals surface area contributed by atoms with Crippen LogP contribution in [0.1, 0.15) is 15.9 Å². The van der Waals surface area contributed by atoms with Crippen LogP contribution in [0.2, 0.25) is 0 Å². The van der Waals surface area contributed by atoms with E-state index in [0.717, 1.165) is 33.2 Å². The van der Waals surface area contributed by atoms with Crippen molar-refractivity contribution in [2.24, 2.45) is 0 Å². The Bertz CT molecular complexity index is 876. The van der Waals surface area contributed by atoms with E-state index in [0.29, 0.717) is 17.9 Å². The minimum atomic E-state index is 0.500. The van der Waals surface area contributed by atoms with Gasteiger partial charge in [0.25, 0.3) is 0 Å². The highest BCUT2D eigenvalue weighted by molar-refractivity contribution is 9.10. The molecule has 3 aromatic rings. The topological polar surface area (TPSA) is 35.5 Å². The number of hydrogen-bond donors (Lipinski definition) is 0. The molecule has 3 rings (SSSR count). The second kappa shape index (κ2) is 7.99. The van der Waals surface area contributed by atoms with Gasteiger partial charge in [-0.25, -0.2) is 0 Å². The molecule has 0 unspecified atom stereocenters. The van der Waals surface area contributed by atoms with E-state index in [-0.39, 0.29) is 0 Å². The molecule has 0 spiro atoms. The van der Waals surface area contributed by atoms with Crippen molar-refractivity contribution in [1.82, 2.24) is 0 Å². The van der Waals surface area contributed by atoms with Gasteiger partial charge in [-0.15, -0.1) is 0 Å². The zero-order valence-corrected chi connectivity index (χ0v) is 15.3. The number of carbonyl (C=O) groups is 1. The molecule has 0 bridgehead atoms. The summed E-state index contributed by atoms with van der Waals surface area (Å²) in [6.07, 6.45) is 0.823. The minimum absolute atomic E-state index is 0.500. The molecule has 0 atom stereocenters. The SMILES string of the molecule is COc1c(Br)cc(C=O)cc1-c1cccc(OCc2ccccc2)c1. The quantitative estimate of drug-likeness (QED) is 0.514. The van der Waals surface area contributed by atoms with Crippen molar-refractivity contribution in [1.29, 1.82) is 0 Å². The van der Waals surface area contributed by atoms with Crippen LogP contribution in [0.25, 0.3) is 11.1 Å². The Labute approximate surface area is 155 Å². The predicted molar refractivity (Wildman–Crippen MR) is 102 cm³/mol. The summed E-state index contributed by atoms with van der Waals surface area (Å²) < 4.78 is 12.1. The van der Waals surface area contributed by atoms with Crippen LogP contribution < -0.4 is 9.47 Å². The normalized spacial score (nSPS) is 10.3. The lowest BCUT2D eigenvalue weighted by atomic mass is 10.0. The van der Waals surface area contributed by atoms with Crippen molar-refractivity contribution in [3.05, 3.63) is 82.3 Å². The molecule has 0 aliphatic heterocycles. The van der Waals surface area contributed by atoms with Gasteiger partial charge in [0, 0.05) is 11.1 Å². The van der Waals surface area contributed by atoms with E-state index in [9.17, 15) is 4.79 Å². The molecule has 0 aliphatic carbocycles. The van der Waals surface area contributed by atoms with Crippen LogP contribution in [0.5, 0.6) is 11.5 Å². The summed E-state index contributed by atoms with van der Waals surface area (Å²) in [5.41, 5.74) is 3.45. The maximum absolute atomic E-state index is 11.2. The van der Waals surface area contributed by atoms with Crippen LogP contribution >= 0.6 is 15.9 Å². The molecular formula is C21H17BrO3. The van der Waals surface area contributed by atoms with Gasteiger partial charge < -0.3 is 9.47 Å². The largest absolute Gasteiger partial charge is 0.495 e. The molecule has 3 nitrogen and oxygen atoms in total. The molecule has 0 aromatic heterocycles. The van der Waals surface area contributed by atoms with Gasteiger partial charge in [-0.3, -0.25) is 4.79 Å². The Balaban J connectivity index is 1.91. The van der Waals surface area contributed by atoms with Crippen LogP contribution in [0.3, 0.4) is 0 Å². The van der Waals surface area contributed by atoms with E-state index in [1.807, 2.05) is 60.7 Å². The molecule has 0 fully saturated rings. The number of halogens is 1. The average Bonchev–Trinajstić information content (AvgIpc) is 2.66. The van der Waals surface area contributed by atoms with Gasteiger partial charge in [0.1, 0.15) is 24.4 Å². The van der Waals surface area contributed by atoms with E-state index >= 15 is 0 Å². The first-order valence-corrected chi connectivity index (χ1v) is 8.60. The van der Waals surface area contributed by atoms with Crippen LogP contribution in [-0.2, 0) is 6.61 Å². The fourth-order valence-corrected chi connectivity index (χ4v) is 3.24. The van der Waals surface area contributed by atoms with Crippen molar-refractivity contribution < 1.29 is 14.3 Å². The maximum Gasteiger partial charge on any atom is 0.150 e. The zero-order chi connectivity index (χ0) is 17.6. The van der Waals surface area contributed by atoms with Gasteiger partial charge >= 0.3 is 0 Å². The zero-order valence-electron chi connectivity index (χ0n) is 13.7. The molecule has 126 valence electrons. The lowest BCUT2D eigenvalue weighted by Gasteiger charge is -2.13. The lowest BCUT2D eigenvalue weighted by molar-refractivity contribution is 0.112. The molecule has 0 radical (unpaired) electrons. The van der Waals surface area contributed by atoms with Crippen LogP contribution in [0.15, 0.2) is 71.2 Å². The van der Waals surface area contributed by atoms with Gasteiger partial charge in [-0.1, -0.05) is 42.5 Å². The Morgan fingerprint density at radius 2 is 1.80 bits per heavy atom. The summed E-state index contributed by atoms with van der Waals surface area (Å²) in [5.74, 6) is 1.45. The summed E-state index contributed by atoms with van der Waals surface area (Å²) in [6.45, 7) is 0.500. The van der Waals surface area contributed by atoms with Crippen molar-refractivity contribution in [3.8, 4) is 22.6 Å². The Hall–Kier alpha value is -2.59. The number of rotatable bonds is 6. The summed E-state index contributed by atoms with van der Waals surface area (Å²) in [4.78, 5) is 11.2. The van der Waals surface area contributed by atoms with Crippen LogP contribution in [0.4, 0.5) is 0 Å². The number of hydrogen-bond acceptors (Lipinski definition) is 3. The highest BCUT2D eigenvalue weighted by atomic mass is 79.9. The smallest absolute Gasteiger partial charge is 0.150 e. The van der Waals surface area contributed by atoms with Crippen molar-refractivity contribution in [2.75, 3.05) is 7.11 Å². The van der Waals surface area contributed by atoms with Gasteiger partial charge in [0.2, 0.25) is 0 Å². The fourth-order valence-electron chi connectivity index (χ4n) is 2.60. The summed E-state index contributed by atoms with van der Waals surface area (Å²) >= 11 is 3.46. The van der Waals surface area contributed by atoms with Gasteiger partial charge in [-0.05, 0) is 51.3 Å². The van der Waals surface area contributed by atoms with E-state index in [1.165, 1.54) is 0 Å². The minimum Gasteiger partial charge on any atom is -0.495 e. The third kappa shape index (κ3) is 4.09. The molecule has 4 heteroatoms. The Morgan fingerprint density at radius 3 is 2.52 bits per heavy atom. The second-order valence-corrected chi connectivity index (χ2v) is 6.36. The van der Waals surface area contributed by atoms with Crippen LogP contribution in [0, 0.1) is 0 Å². The number of benzene rings is 3. The third-order valence-corrected chi connectivity index (χ3v) is 4.39. The van der Waals surface area contributed by atoms with E-state index in [4.69, 9.17) is 9.47 Å². The molecule has 0 N–H and O–H groups in total. The number of aldehydes is 1. The van der Waals surface area contributed by atoms with Crippen molar-refractivity contribution in [2.45, 2.75) is 6.61 Å². The summed E-state index contributed by atoms with van der Waals surface area (Å²) in [5, 5.41) is 0. The molecule has 0 amide bonds. The van der Waals surface area contributed by atoms with Crippen molar-refractivity contribution >= 4 is 22.2 Å². The van der Waals surface area contributed by atoms with E-state index < -0.39 is 0 Å². The maximum atomic E-state index is 11.2. The van der Waals surface area contributed by atoms with Gasteiger partial charge in [0.15, 0.2) is 0 Å². The standard InChI is InChI=1S/C21H17BrO3/c1-24-21-19(10-16(13-23)11-20(21)22)17-8-5-9-18(12-17)25-14-15-6-3-2-4-7-15/h2-13H,14H2,1H3. The highest BCUT2D eigenvalue weighted by Gasteiger charge is 2.12.